The molecule has 58 valence electrons. The van der Waals surface area contributed by atoms with Gasteiger partial charge in [-0.25, -0.2) is 0 Å². The van der Waals surface area contributed by atoms with E-state index in [0.29, 0.717) is 6.54 Å². The zero-order valence-corrected chi connectivity index (χ0v) is 6.50. The van der Waals surface area contributed by atoms with Crippen LogP contribution in [0.5, 0.6) is 0 Å². The number of hydrogen-bond acceptors (Lipinski definition) is 2. The van der Waals surface area contributed by atoms with Gasteiger partial charge >= 0.3 is 0 Å². The Bertz CT molecular complexity index is 274. The van der Waals surface area contributed by atoms with Crippen LogP contribution in [0, 0.1) is 13.8 Å². The Kier molecular flexibility index (Phi) is 2.13. The van der Waals surface area contributed by atoms with Crippen LogP contribution in [0.25, 0.3) is 10.4 Å². The average molecular weight is 151 g/mol. The molecule has 0 fully saturated rings. The van der Waals surface area contributed by atoms with Crippen molar-refractivity contribution < 1.29 is 0 Å². The Morgan fingerprint density at radius 2 is 2.36 bits per heavy atom. The minimum atomic E-state index is 0.380. The van der Waals surface area contributed by atoms with Crippen molar-refractivity contribution in [2.24, 2.45) is 5.11 Å². The summed E-state index contributed by atoms with van der Waals surface area (Å²) in [6.07, 6.45) is 0. The van der Waals surface area contributed by atoms with E-state index in [2.05, 4.69) is 20.2 Å². The van der Waals surface area contributed by atoms with E-state index in [1.165, 1.54) is 0 Å². The molecule has 0 saturated heterocycles. The SMILES string of the molecule is Cc1n[nH]c(C)c1CN=[N+]=[N-]. The molecule has 0 aliphatic rings. The first-order valence-electron chi connectivity index (χ1n) is 3.27. The van der Waals surface area contributed by atoms with Crippen LogP contribution < -0.4 is 0 Å². The molecule has 0 bridgehead atoms. The molecule has 0 saturated carbocycles. The summed E-state index contributed by atoms with van der Waals surface area (Å²) in [6, 6.07) is 0. The highest BCUT2D eigenvalue weighted by atomic mass is 15.1. The fourth-order valence-electron chi connectivity index (χ4n) is 0.909. The van der Waals surface area contributed by atoms with Crippen LogP contribution in [0.1, 0.15) is 17.0 Å². The lowest BCUT2D eigenvalue weighted by Crippen LogP contribution is -1.83. The van der Waals surface area contributed by atoms with Crippen molar-refractivity contribution in [3.8, 4) is 0 Å². The van der Waals surface area contributed by atoms with Crippen molar-refractivity contribution >= 4 is 0 Å². The Hall–Kier alpha value is -1.48. The number of H-pyrrole nitrogens is 1. The van der Waals surface area contributed by atoms with Crippen molar-refractivity contribution in [1.29, 1.82) is 0 Å². The summed E-state index contributed by atoms with van der Waals surface area (Å²) in [7, 11) is 0. The quantitative estimate of drug-likeness (QED) is 0.390. The molecule has 5 nitrogen and oxygen atoms in total. The third-order valence-electron chi connectivity index (χ3n) is 1.57. The van der Waals surface area contributed by atoms with Gasteiger partial charge in [-0.3, -0.25) is 5.10 Å². The topological polar surface area (TPSA) is 77.4 Å². The molecule has 0 radical (unpaired) electrons. The maximum Gasteiger partial charge on any atom is 0.0627 e. The molecule has 1 aromatic rings. The molecule has 1 aromatic heterocycles. The van der Waals surface area contributed by atoms with Crippen LogP contribution in [0.3, 0.4) is 0 Å². The minimum absolute atomic E-state index is 0.380. The Labute approximate surface area is 64.1 Å². The fourth-order valence-corrected chi connectivity index (χ4v) is 0.909. The minimum Gasteiger partial charge on any atom is -0.282 e. The summed E-state index contributed by atoms with van der Waals surface area (Å²) in [4.78, 5) is 2.68. The van der Waals surface area contributed by atoms with Gasteiger partial charge in [0.2, 0.25) is 0 Å². The lowest BCUT2D eigenvalue weighted by Gasteiger charge is -1.91. The third kappa shape index (κ3) is 1.50. The number of hydrogen-bond donors (Lipinski definition) is 1. The normalized spacial score (nSPS) is 9.27. The Morgan fingerprint density at radius 3 is 2.82 bits per heavy atom. The number of rotatable bonds is 2. The second-order valence-electron chi connectivity index (χ2n) is 2.30. The summed E-state index contributed by atoms with van der Waals surface area (Å²) in [6.45, 7) is 4.17. The summed E-state index contributed by atoms with van der Waals surface area (Å²) in [5, 5.41) is 10.2. The van der Waals surface area contributed by atoms with Crippen LogP contribution in [-0.2, 0) is 6.54 Å². The van der Waals surface area contributed by atoms with Gasteiger partial charge in [-0.05, 0) is 19.4 Å². The van der Waals surface area contributed by atoms with E-state index in [4.69, 9.17) is 5.53 Å². The Balaban J connectivity index is 2.91. The molecular formula is C6H9N5. The molecule has 0 atom stereocenters. The van der Waals surface area contributed by atoms with Crippen LogP contribution in [0.4, 0.5) is 0 Å². The molecule has 0 spiro atoms. The fraction of sp³-hybridized carbons (Fsp3) is 0.500. The second kappa shape index (κ2) is 3.07. The molecule has 1 N–H and O–H groups in total. The van der Waals surface area contributed by atoms with E-state index in [-0.39, 0.29) is 0 Å². The van der Waals surface area contributed by atoms with Gasteiger partial charge in [0.15, 0.2) is 0 Å². The first-order chi connectivity index (χ1) is 5.25. The van der Waals surface area contributed by atoms with E-state index in [1.54, 1.807) is 0 Å². The van der Waals surface area contributed by atoms with Gasteiger partial charge in [-0.2, -0.15) is 5.10 Å². The highest BCUT2D eigenvalue weighted by Gasteiger charge is 2.03. The molecule has 0 aliphatic carbocycles. The van der Waals surface area contributed by atoms with Gasteiger partial charge in [0.05, 0.1) is 12.2 Å². The number of azide groups is 1. The Morgan fingerprint density at radius 1 is 1.64 bits per heavy atom. The molecule has 0 aliphatic heterocycles. The van der Waals surface area contributed by atoms with Gasteiger partial charge in [-0.1, -0.05) is 5.11 Å². The van der Waals surface area contributed by atoms with E-state index >= 15 is 0 Å². The monoisotopic (exact) mass is 151 g/mol. The predicted molar refractivity (Wildman–Crippen MR) is 40.9 cm³/mol. The third-order valence-corrected chi connectivity index (χ3v) is 1.57. The van der Waals surface area contributed by atoms with Gasteiger partial charge < -0.3 is 0 Å². The van der Waals surface area contributed by atoms with Crippen LogP contribution >= 0.6 is 0 Å². The van der Waals surface area contributed by atoms with E-state index in [0.717, 1.165) is 17.0 Å². The standard InChI is InChI=1S/C6H9N5/c1-4-6(3-8-11-7)5(2)10-9-4/h3H2,1-2H3,(H,9,10). The summed E-state index contributed by atoms with van der Waals surface area (Å²) < 4.78 is 0. The van der Waals surface area contributed by atoms with Gasteiger partial charge in [-0.15, -0.1) is 0 Å². The summed E-state index contributed by atoms with van der Waals surface area (Å²) >= 11 is 0. The molecular weight excluding hydrogens is 142 g/mol. The summed E-state index contributed by atoms with van der Waals surface area (Å²) in [5.74, 6) is 0. The lowest BCUT2D eigenvalue weighted by molar-refractivity contribution is 1.01. The van der Waals surface area contributed by atoms with Gasteiger partial charge in [0.25, 0.3) is 0 Å². The lowest BCUT2D eigenvalue weighted by atomic mass is 10.2. The molecule has 0 unspecified atom stereocenters. The number of aromatic amines is 1. The molecule has 1 heterocycles. The second-order valence-corrected chi connectivity index (χ2v) is 2.30. The van der Waals surface area contributed by atoms with Crippen LogP contribution in [0.15, 0.2) is 5.11 Å². The van der Waals surface area contributed by atoms with Gasteiger partial charge in [0, 0.05) is 16.2 Å². The zero-order valence-electron chi connectivity index (χ0n) is 6.50. The largest absolute Gasteiger partial charge is 0.282 e. The molecule has 5 heteroatoms. The van der Waals surface area contributed by atoms with Crippen molar-refractivity contribution in [2.75, 3.05) is 0 Å². The van der Waals surface area contributed by atoms with Crippen molar-refractivity contribution in [3.05, 3.63) is 27.4 Å². The maximum absolute atomic E-state index is 8.07. The maximum atomic E-state index is 8.07. The highest BCUT2D eigenvalue weighted by Crippen LogP contribution is 2.09. The average Bonchev–Trinajstić information content (AvgIpc) is 2.29. The number of aryl methyl sites for hydroxylation is 2. The molecule has 0 amide bonds. The molecule has 1 rings (SSSR count). The first-order valence-corrected chi connectivity index (χ1v) is 3.27. The van der Waals surface area contributed by atoms with E-state index in [1.807, 2.05) is 13.8 Å². The molecule has 11 heavy (non-hydrogen) atoms. The van der Waals surface area contributed by atoms with Crippen LogP contribution in [0.2, 0.25) is 0 Å². The smallest absolute Gasteiger partial charge is 0.0627 e. The number of nitrogens with one attached hydrogen (secondary N) is 1. The number of aromatic nitrogens is 2. The summed E-state index contributed by atoms with van der Waals surface area (Å²) in [5.41, 5.74) is 10.9. The molecule has 0 aromatic carbocycles. The predicted octanol–water partition coefficient (Wildman–Crippen LogP) is 1.84. The van der Waals surface area contributed by atoms with Crippen molar-refractivity contribution in [3.63, 3.8) is 0 Å². The number of nitrogens with zero attached hydrogens (tertiary/aromatic N) is 4. The van der Waals surface area contributed by atoms with Crippen molar-refractivity contribution in [2.45, 2.75) is 20.4 Å². The van der Waals surface area contributed by atoms with Gasteiger partial charge in [0.1, 0.15) is 0 Å². The first kappa shape index (κ1) is 7.63. The van der Waals surface area contributed by atoms with Crippen LogP contribution in [-0.4, -0.2) is 10.2 Å². The highest BCUT2D eigenvalue weighted by molar-refractivity contribution is 5.22. The zero-order chi connectivity index (χ0) is 8.27. The van der Waals surface area contributed by atoms with E-state index in [9.17, 15) is 0 Å². The van der Waals surface area contributed by atoms with E-state index < -0.39 is 0 Å². The van der Waals surface area contributed by atoms with Crippen molar-refractivity contribution in [1.82, 2.24) is 10.2 Å².